The quantitative estimate of drug-likeness (QED) is 0.0515. The zero-order valence-electron chi connectivity index (χ0n) is 35.1. The fourth-order valence-corrected chi connectivity index (χ4v) is 5.23. The van der Waals surface area contributed by atoms with Gasteiger partial charge in [-0.05, 0) is 143 Å². The highest BCUT2D eigenvalue weighted by atomic mass is 16.6. The molecule has 0 bridgehead atoms. The zero-order valence-corrected chi connectivity index (χ0v) is 35.1. The number of hydrogen-bond donors (Lipinski definition) is 2. The molecule has 2 aliphatic rings. The van der Waals surface area contributed by atoms with Crippen molar-refractivity contribution in [2.24, 2.45) is 0 Å². The van der Waals surface area contributed by atoms with Crippen molar-refractivity contribution in [1.82, 2.24) is 10.6 Å². The lowest BCUT2D eigenvalue weighted by molar-refractivity contribution is -0.147. The molecule has 8 nitrogen and oxygen atoms in total. The predicted molar refractivity (Wildman–Crippen MR) is 232 cm³/mol. The van der Waals surface area contributed by atoms with E-state index in [0.717, 1.165) is 51.4 Å². The van der Waals surface area contributed by atoms with E-state index in [-0.39, 0.29) is 62.8 Å². The second-order valence-corrected chi connectivity index (χ2v) is 12.7. The van der Waals surface area contributed by atoms with Crippen LogP contribution in [0.4, 0.5) is 0 Å². The minimum Gasteiger partial charge on any atom is -0.461 e. The molecule has 64 heavy (non-hydrogen) atoms. The van der Waals surface area contributed by atoms with E-state index in [9.17, 15) is 19.2 Å². The van der Waals surface area contributed by atoms with Crippen LogP contribution in [-0.2, 0) is 28.7 Å². The molecule has 2 fully saturated rings. The van der Waals surface area contributed by atoms with E-state index in [4.69, 9.17) is 9.47 Å². The maximum atomic E-state index is 12.8. The van der Waals surface area contributed by atoms with Gasteiger partial charge < -0.3 is 20.1 Å². The largest absolute Gasteiger partial charge is 0.461 e. The van der Waals surface area contributed by atoms with Crippen LogP contribution in [0.5, 0.6) is 0 Å². The molecule has 0 saturated heterocycles. The van der Waals surface area contributed by atoms with Crippen LogP contribution in [0.1, 0.15) is 89.9 Å². The van der Waals surface area contributed by atoms with Gasteiger partial charge in [0.25, 0.3) is 0 Å². The Labute approximate surface area is 372 Å². The first kappa shape index (κ1) is 50.7. The molecular weight excluding hydrogens is 797 g/mol. The second kappa shape index (κ2) is 36.6. The van der Waals surface area contributed by atoms with Crippen LogP contribution < -0.4 is 10.6 Å². The van der Waals surface area contributed by atoms with Crippen molar-refractivity contribution < 1.29 is 28.7 Å². The molecule has 2 aliphatic carbocycles. The Morgan fingerprint density at radius 3 is 0.938 bits per heavy atom. The van der Waals surface area contributed by atoms with E-state index >= 15 is 0 Å². The van der Waals surface area contributed by atoms with E-state index in [1.165, 1.54) is 12.8 Å². The summed E-state index contributed by atoms with van der Waals surface area (Å²) in [7, 11) is 0. The molecule has 0 spiro atoms. The molecule has 0 atom stereocenters. The zero-order chi connectivity index (χ0) is 45.8. The summed E-state index contributed by atoms with van der Waals surface area (Å²) >= 11 is 0. The number of hydrogen-bond acceptors (Lipinski definition) is 6. The Balaban J connectivity index is 2.21. The lowest BCUT2D eigenvalue weighted by Gasteiger charge is -2.22. The second-order valence-electron chi connectivity index (χ2n) is 12.7. The first-order valence-corrected chi connectivity index (χ1v) is 20.1. The summed E-state index contributed by atoms with van der Waals surface area (Å²) in [5.74, 6) is -2.24. The van der Waals surface area contributed by atoms with E-state index in [0.29, 0.717) is 0 Å². The lowest BCUT2D eigenvalue weighted by Crippen LogP contribution is -2.36. The Hall–Kier alpha value is -9.42. The molecule has 2 N–H and O–H groups in total. The summed E-state index contributed by atoms with van der Waals surface area (Å²) in [6.45, 7) is 3.11. The van der Waals surface area contributed by atoms with Crippen LogP contribution in [0.3, 0.4) is 0 Å². The summed E-state index contributed by atoms with van der Waals surface area (Å²) in [5, 5.41) is 6.03. The number of carbonyl (C=O) groups excluding carboxylic acids is 4. The smallest absolute Gasteiger partial charge is 0.354 e. The molecule has 0 heterocycles. The predicted octanol–water partition coefficient (Wildman–Crippen LogP) is 8.05. The SMILES string of the molecule is C=C=C=C=C=C=C=C=C=C=C=C=C=C=C=C=C=C=C=C=C=C=C=C=C=C=C=C=C=C=C=C=C=C(C(=O)OCCCC(=O)NC1CCCCC1)C(=O)OCCCC(=O)NC1CCCCC1. The molecule has 2 amide bonds. The van der Waals surface area contributed by atoms with Gasteiger partial charge >= 0.3 is 11.9 Å². The normalized spacial score (nSPS) is 10.6. The minimum atomic E-state index is -1.01. The number of carbonyl (C=O) groups is 4. The van der Waals surface area contributed by atoms with Gasteiger partial charge in [-0.25, -0.2) is 9.59 Å². The van der Waals surface area contributed by atoms with Crippen LogP contribution in [0, 0.1) is 0 Å². The summed E-state index contributed by atoms with van der Waals surface area (Å²) in [6.07, 6.45) is 11.4. The number of esters is 2. The molecular formula is C56H38N2O6. The van der Waals surface area contributed by atoms with Crippen molar-refractivity contribution in [3.05, 3.63) is 196 Å². The molecule has 0 aromatic carbocycles. The standard InChI is InChI=1S/C56H38N2O6/c1-2-3-4-5-6-7-8-9-10-11-12-13-14-15-16-17-18-19-20-21-22-23-24-25-26-27-28-29-30-31-38-45-52(55(61)63-48-39-46-53(59)57-50-41-34-32-35-42-50)56(62)64-49-40-47-54(60)58-51-43-36-33-37-44-51/h50-51H,1,32-37,39-44,46-49H2,(H,57,59)(H,58,60). The fourth-order valence-electron chi connectivity index (χ4n) is 5.23. The van der Waals surface area contributed by atoms with Crippen LogP contribution in [0.15, 0.2) is 196 Å². The molecule has 308 valence electrons. The molecule has 0 aliphatic heterocycles. The Morgan fingerprint density at radius 2 is 0.656 bits per heavy atom. The average molecular weight is 835 g/mol. The Kier molecular flexibility index (Phi) is 29.0. The van der Waals surface area contributed by atoms with Gasteiger partial charge in [0.1, 0.15) is 0 Å². The van der Waals surface area contributed by atoms with Crippen LogP contribution in [-0.4, -0.2) is 49.1 Å². The first-order valence-electron chi connectivity index (χ1n) is 20.1. The van der Waals surface area contributed by atoms with Gasteiger partial charge in [0.05, 0.1) is 13.2 Å². The fraction of sp³-hybridized carbons (Fsp3) is 0.321. The van der Waals surface area contributed by atoms with Gasteiger partial charge in [0, 0.05) is 105 Å². The van der Waals surface area contributed by atoms with Gasteiger partial charge in [-0.1, -0.05) is 44.3 Å². The number of rotatable bonds is 12. The van der Waals surface area contributed by atoms with Crippen LogP contribution in [0.2, 0.25) is 0 Å². The third kappa shape index (κ3) is 28.9. The highest BCUT2D eigenvalue weighted by molar-refractivity contribution is 6.13. The summed E-state index contributed by atoms with van der Waals surface area (Å²) in [4.78, 5) is 50.3. The summed E-state index contributed by atoms with van der Waals surface area (Å²) < 4.78 is 10.5. The van der Waals surface area contributed by atoms with E-state index in [1.807, 2.05) is 0 Å². The Bertz CT molecular complexity index is 3050. The van der Waals surface area contributed by atoms with Gasteiger partial charge in [0.2, 0.25) is 11.8 Å². The number of amides is 2. The lowest BCUT2D eigenvalue weighted by atomic mass is 9.95. The molecule has 2 rings (SSSR count). The van der Waals surface area contributed by atoms with Gasteiger partial charge in [0.15, 0.2) is 5.57 Å². The van der Waals surface area contributed by atoms with Crippen molar-refractivity contribution >= 4 is 23.8 Å². The van der Waals surface area contributed by atoms with Crippen molar-refractivity contribution in [1.29, 1.82) is 0 Å². The van der Waals surface area contributed by atoms with E-state index in [2.05, 4.69) is 201 Å². The third-order valence-electron chi connectivity index (χ3n) is 8.00. The minimum absolute atomic E-state index is 0.103. The van der Waals surface area contributed by atoms with Gasteiger partial charge in [-0.15, -0.1) is 0 Å². The van der Waals surface area contributed by atoms with E-state index < -0.39 is 17.5 Å². The summed E-state index contributed by atoms with van der Waals surface area (Å²) in [6, 6.07) is 0.355. The summed E-state index contributed by atoms with van der Waals surface area (Å²) in [5.41, 5.74) is 78.6. The maximum absolute atomic E-state index is 12.8. The first-order chi connectivity index (χ1) is 31.5. The molecule has 0 radical (unpaired) electrons. The highest BCUT2D eigenvalue weighted by Gasteiger charge is 2.22. The molecule has 0 aromatic heterocycles. The van der Waals surface area contributed by atoms with Crippen molar-refractivity contribution in [2.75, 3.05) is 13.2 Å². The molecule has 0 unspecified atom stereocenters. The third-order valence-corrected chi connectivity index (χ3v) is 8.00. The highest BCUT2D eigenvalue weighted by Crippen LogP contribution is 2.18. The Morgan fingerprint density at radius 1 is 0.391 bits per heavy atom. The molecule has 2 saturated carbocycles. The topological polar surface area (TPSA) is 111 Å². The van der Waals surface area contributed by atoms with Crippen molar-refractivity contribution in [3.8, 4) is 0 Å². The van der Waals surface area contributed by atoms with Gasteiger partial charge in [-0.2, -0.15) is 0 Å². The average Bonchev–Trinajstić information content (AvgIpc) is 3.30. The van der Waals surface area contributed by atoms with Crippen LogP contribution >= 0.6 is 0 Å². The van der Waals surface area contributed by atoms with Crippen molar-refractivity contribution in [2.45, 2.75) is 102 Å². The monoisotopic (exact) mass is 834 g/mol. The number of ether oxygens (including phenoxy) is 2. The van der Waals surface area contributed by atoms with Crippen LogP contribution in [0.25, 0.3) is 0 Å². The van der Waals surface area contributed by atoms with Crippen molar-refractivity contribution in [3.63, 3.8) is 0 Å². The maximum Gasteiger partial charge on any atom is 0.354 e. The van der Waals surface area contributed by atoms with E-state index in [1.54, 1.807) is 0 Å². The number of nitrogens with one attached hydrogen (secondary N) is 2. The van der Waals surface area contributed by atoms with Gasteiger partial charge in [-0.3, -0.25) is 9.59 Å². The molecule has 0 aromatic rings. The molecule has 8 heteroatoms.